The van der Waals surface area contributed by atoms with E-state index in [9.17, 15) is 35.6 Å². The molecular formula is C39H32ClF6N11O4S. The summed E-state index contributed by atoms with van der Waals surface area (Å²) in [5.41, 5.74) is -2.51. The molecule has 8 rings (SSSR count). The van der Waals surface area contributed by atoms with E-state index in [1.165, 1.54) is 55.3 Å². The fourth-order valence-corrected chi connectivity index (χ4v) is 8.74. The quantitative estimate of drug-likeness (QED) is 0.104. The summed E-state index contributed by atoms with van der Waals surface area (Å²) >= 11 is 6.61. The smallest absolute Gasteiger partial charge is 0.293 e. The number of carbonyl (C=O) groups excluding carboxylic acids is 1. The lowest BCUT2D eigenvalue weighted by molar-refractivity contribution is -0.123. The molecule has 0 unspecified atom stereocenters. The molecule has 62 heavy (non-hydrogen) atoms. The number of hydrogen-bond acceptors (Lipinski definition) is 10. The van der Waals surface area contributed by atoms with Crippen molar-refractivity contribution >= 4 is 67.7 Å². The fraction of sp³-hybridized carbons (Fsp3) is 0.282. The lowest BCUT2D eigenvalue weighted by Crippen LogP contribution is -2.38. The summed E-state index contributed by atoms with van der Waals surface area (Å²) in [7, 11) is -1.02. The summed E-state index contributed by atoms with van der Waals surface area (Å²) in [6.07, 6.45) is -0.0174. The van der Waals surface area contributed by atoms with Crippen LogP contribution in [0.15, 0.2) is 69.5 Å². The average molecular weight is 900 g/mol. The number of aliphatic imine (C=N–C) groups is 2. The Labute approximate surface area is 351 Å². The van der Waals surface area contributed by atoms with Crippen molar-refractivity contribution in [1.29, 1.82) is 0 Å². The van der Waals surface area contributed by atoms with Gasteiger partial charge in [0.15, 0.2) is 11.5 Å². The molecule has 1 amide bonds. The van der Waals surface area contributed by atoms with Crippen LogP contribution in [0, 0.1) is 17.6 Å². The monoisotopic (exact) mass is 899 g/mol. The molecule has 4 aromatic heterocycles. The third-order valence-corrected chi connectivity index (χ3v) is 11.4. The number of anilines is 1. The van der Waals surface area contributed by atoms with Gasteiger partial charge in [0, 0.05) is 44.3 Å². The van der Waals surface area contributed by atoms with E-state index >= 15 is 8.78 Å². The van der Waals surface area contributed by atoms with E-state index < -0.39 is 87.7 Å². The van der Waals surface area contributed by atoms with Crippen molar-refractivity contribution in [3.63, 3.8) is 0 Å². The number of alkyl halides is 4. The zero-order valence-electron chi connectivity index (χ0n) is 32.5. The first-order valence-corrected chi connectivity index (χ1v) is 20.8. The standard InChI is InChI=1S/C39H32ClF6N11O4S/c1-47-10-9-24(48-2)25-7-5-20-35(50-25)51-37(57(38(20)59)27-8-6-23(40)30-32(27)55(3)53-36(30)54-62(4,60)61)26(13-17-11-18(41)14-19(42)12-17)49-28(58)16-56-33-29(31(52-56)34(43)44)21-15-22(21)39(33,45)46/h5-12,14,21-22,26,34H,1,13,15-16H2,2-4H3,(H,49,58)(H,53,54)/b10-9-,48-24?/t21-,22+,26-/m0/s1. The molecule has 1 fully saturated rings. The molecule has 0 aliphatic heterocycles. The third kappa shape index (κ3) is 7.50. The van der Waals surface area contributed by atoms with Gasteiger partial charge in [0.1, 0.15) is 35.4 Å². The fourth-order valence-electron chi connectivity index (χ4n) is 8.00. The number of nitrogens with zero attached hydrogens (tertiary/aromatic N) is 9. The van der Waals surface area contributed by atoms with Gasteiger partial charge in [0.2, 0.25) is 15.9 Å². The van der Waals surface area contributed by atoms with Gasteiger partial charge in [-0.15, -0.1) is 0 Å². The Morgan fingerprint density at radius 1 is 1.11 bits per heavy atom. The summed E-state index contributed by atoms with van der Waals surface area (Å²) in [4.78, 5) is 46.2. The van der Waals surface area contributed by atoms with E-state index in [2.05, 4.69) is 41.9 Å². The van der Waals surface area contributed by atoms with Gasteiger partial charge < -0.3 is 5.32 Å². The maximum absolute atomic E-state index is 15.5. The minimum atomic E-state index is -3.93. The molecule has 0 radical (unpaired) electrons. The molecule has 3 atom stereocenters. The Kier molecular flexibility index (Phi) is 10.6. The molecule has 4 heterocycles. The molecule has 2 aliphatic carbocycles. The number of amides is 1. The van der Waals surface area contributed by atoms with Crippen LogP contribution in [0.4, 0.5) is 32.2 Å². The van der Waals surface area contributed by atoms with E-state index in [0.29, 0.717) is 10.7 Å². The summed E-state index contributed by atoms with van der Waals surface area (Å²) in [6, 6.07) is 6.56. The number of carbonyl (C=O) groups is 1. The van der Waals surface area contributed by atoms with Gasteiger partial charge in [-0.1, -0.05) is 11.6 Å². The van der Waals surface area contributed by atoms with E-state index in [1.807, 2.05) is 0 Å². The Bertz CT molecular complexity index is 3090. The highest BCUT2D eigenvalue weighted by Crippen LogP contribution is 2.68. The van der Waals surface area contributed by atoms with Crippen LogP contribution >= 0.6 is 11.6 Å². The number of allylic oxidation sites excluding steroid dienone is 1. The largest absolute Gasteiger partial charge is 0.344 e. The SMILES string of the molecule is C=N/C=C\C(=NC)c1ccc2c(=O)n(-c3ccc(Cl)c4c(NS(C)(=O)=O)nn(C)c34)c([C@H](Cc3cc(F)cc(F)c3)NC(=O)Cn3nc(C(F)F)c4c3C(F)(F)[C@@H]3C[C@H]43)nc2n1. The lowest BCUT2D eigenvalue weighted by atomic mass is 10.0. The zero-order chi connectivity index (χ0) is 44.6. The molecule has 23 heteroatoms. The van der Waals surface area contributed by atoms with Crippen molar-refractivity contribution < 1.29 is 39.6 Å². The number of sulfonamides is 1. The number of aromatic nitrogens is 7. The number of benzene rings is 2. The number of nitrogens with one attached hydrogen (secondary N) is 2. The molecule has 2 aromatic carbocycles. The van der Waals surface area contributed by atoms with Crippen LogP contribution in [-0.2, 0) is 40.8 Å². The lowest BCUT2D eigenvalue weighted by Gasteiger charge is -2.24. The second-order valence-corrected chi connectivity index (χ2v) is 16.9. The van der Waals surface area contributed by atoms with Gasteiger partial charge in [-0.2, -0.15) is 19.0 Å². The number of halogens is 7. The van der Waals surface area contributed by atoms with E-state index in [1.54, 1.807) is 0 Å². The predicted molar refractivity (Wildman–Crippen MR) is 217 cm³/mol. The number of pyridine rings is 1. The van der Waals surface area contributed by atoms with Crippen molar-refractivity contribution in [3.05, 3.63) is 116 Å². The minimum Gasteiger partial charge on any atom is -0.344 e. The summed E-state index contributed by atoms with van der Waals surface area (Å²) in [6.45, 7) is 2.39. The molecular weight excluding hydrogens is 868 g/mol. The number of hydrogen-bond donors (Lipinski definition) is 2. The highest BCUT2D eigenvalue weighted by atomic mass is 35.5. The first-order chi connectivity index (χ1) is 29.3. The van der Waals surface area contributed by atoms with Crippen LogP contribution < -0.4 is 15.6 Å². The van der Waals surface area contributed by atoms with Crippen molar-refractivity contribution in [1.82, 2.24) is 39.4 Å². The molecule has 0 saturated heterocycles. The van der Waals surface area contributed by atoms with Crippen LogP contribution in [0.3, 0.4) is 0 Å². The molecule has 2 N–H and O–H groups in total. The van der Waals surface area contributed by atoms with Gasteiger partial charge in [-0.25, -0.2) is 35.9 Å². The average Bonchev–Trinajstić information content (AvgIpc) is 3.73. The molecule has 15 nitrogen and oxygen atoms in total. The first-order valence-electron chi connectivity index (χ1n) is 18.5. The van der Waals surface area contributed by atoms with E-state index in [-0.39, 0.29) is 73.2 Å². The maximum atomic E-state index is 15.5. The van der Waals surface area contributed by atoms with Gasteiger partial charge in [0.25, 0.3) is 17.9 Å². The second-order valence-electron chi connectivity index (χ2n) is 14.7. The van der Waals surface area contributed by atoms with E-state index in [4.69, 9.17) is 16.6 Å². The number of aryl methyl sites for hydroxylation is 1. The van der Waals surface area contributed by atoms with Crippen LogP contribution in [0.5, 0.6) is 0 Å². The Balaban J connectivity index is 1.36. The highest BCUT2D eigenvalue weighted by molar-refractivity contribution is 7.92. The normalized spacial score (nSPS) is 17.5. The second kappa shape index (κ2) is 15.5. The van der Waals surface area contributed by atoms with E-state index in [0.717, 1.165) is 23.0 Å². The predicted octanol–water partition coefficient (Wildman–Crippen LogP) is 6.05. The minimum absolute atomic E-state index is 0.00977. The molecule has 2 aliphatic rings. The Hall–Kier alpha value is -6.42. The van der Waals surface area contributed by atoms with Gasteiger partial charge in [-0.3, -0.25) is 38.2 Å². The Morgan fingerprint density at radius 2 is 1.84 bits per heavy atom. The molecule has 6 aromatic rings. The first kappa shape index (κ1) is 42.3. The molecule has 0 spiro atoms. The summed E-state index contributed by atoms with van der Waals surface area (Å²) < 4.78 is 119. The van der Waals surface area contributed by atoms with Crippen molar-refractivity contribution in [2.45, 2.75) is 43.7 Å². The number of fused-ring (bicyclic) bond motifs is 5. The zero-order valence-corrected chi connectivity index (χ0v) is 34.1. The molecule has 322 valence electrons. The molecule has 1 saturated carbocycles. The highest BCUT2D eigenvalue weighted by Gasteiger charge is 2.67. The van der Waals surface area contributed by atoms with Crippen LogP contribution in [-0.4, -0.2) is 74.2 Å². The van der Waals surface area contributed by atoms with Crippen molar-refractivity contribution in [2.24, 2.45) is 23.0 Å². The van der Waals surface area contributed by atoms with Crippen molar-refractivity contribution in [3.8, 4) is 5.69 Å². The van der Waals surface area contributed by atoms with Gasteiger partial charge >= 0.3 is 0 Å². The van der Waals surface area contributed by atoms with Crippen LogP contribution in [0.25, 0.3) is 27.6 Å². The van der Waals surface area contributed by atoms with Gasteiger partial charge in [-0.05, 0) is 67.1 Å². The maximum Gasteiger partial charge on any atom is 0.293 e. The van der Waals surface area contributed by atoms with Crippen LogP contribution in [0.1, 0.15) is 58.8 Å². The molecule has 0 bridgehead atoms. The Morgan fingerprint density at radius 3 is 2.50 bits per heavy atom. The summed E-state index contributed by atoms with van der Waals surface area (Å²) in [5, 5.41) is 10.6. The third-order valence-electron chi connectivity index (χ3n) is 10.5. The van der Waals surface area contributed by atoms with Gasteiger partial charge in [0.05, 0.1) is 50.7 Å². The van der Waals surface area contributed by atoms with Crippen molar-refractivity contribution in [2.75, 3.05) is 18.0 Å². The summed E-state index contributed by atoms with van der Waals surface area (Å²) in [5.74, 6) is -9.24. The topological polar surface area (TPSA) is 183 Å². The van der Waals surface area contributed by atoms with Crippen LogP contribution in [0.2, 0.25) is 5.02 Å². The number of rotatable bonds is 13.